The Balaban J connectivity index is 1.69. The van der Waals surface area contributed by atoms with Crippen molar-refractivity contribution in [3.8, 4) is 0 Å². The molecule has 3 rings (SSSR count). The van der Waals surface area contributed by atoms with Crippen molar-refractivity contribution in [3.63, 3.8) is 0 Å². The minimum absolute atomic E-state index is 0.0217. The molecule has 0 bridgehead atoms. The summed E-state index contributed by atoms with van der Waals surface area (Å²) in [5.41, 5.74) is 1.14. The van der Waals surface area contributed by atoms with Crippen LogP contribution in [0.15, 0.2) is 70.7 Å². The highest BCUT2D eigenvalue weighted by Gasteiger charge is 2.22. The number of aromatic nitrogens is 3. The Labute approximate surface area is 181 Å². The summed E-state index contributed by atoms with van der Waals surface area (Å²) in [7, 11) is -3.73. The van der Waals surface area contributed by atoms with E-state index in [1.807, 2.05) is 24.4 Å². The maximum absolute atomic E-state index is 12.7. The number of carbonyl (C=O) groups excluding carboxylic acids is 1. The van der Waals surface area contributed by atoms with Crippen LogP contribution in [0.25, 0.3) is 0 Å². The molecule has 2 aromatic heterocycles. The summed E-state index contributed by atoms with van der Waals surface area (Å²) < 4.78 is 29.5. The van der Waals surface area contributed by atoms with Crippen molar-refractivity contribution in [2.75, 3.05) is 18.4 Å². The molecule has 0 fully saturated rings. The molecule has 0 aliphatic rings. The minimum atomic E-state index is -3.73. The van der Waals surface area contributed by atoms with Crippen LogP contribution in [0.3, 0.4) is 0 Å². The molecule has 0 spiro atoms. The smallest absolute Gasteiger partial charge is 0.251 e. The summed E-state index contributed by atoms with van der Waals surface area (Å²) in [6.45, 7) is 4.43. The van der Waals surface area contributed by atoms with Crippen LogP contribution in [0.1, 0.15) is 19.4 Å². The lowest BCUT2D eigenvalue weighted by Gasteiger charge is -2.19. The first kappa shape index (κ1) is 22.4. The number of sulfonamides is 1. The van der Waals surface area contributed by atoms with Gasteiger partial charge in [-0.25, -0.2) is 8.42 Å². The lowest BCUT2D eigenvalue weighted by Crippen LogP contribution is -2.33. The van der Waals surface area contributed by atoms with Crippen molar-refractivity contribution in [3.05, 3.63) is 77.0 Å². The fourth-order valence-electron chi connectivity index (χ4n) is 3.13. The van der Waals surface area contributed by atoms with Gasteiger partial charge in [-0.05, 0) is 29.8 Å². The number of carbonyl (C=O) groups is 1. The predicted molar refractivity (Wildman–Crippen MR) is 117 cm³/mol. The summed E-state index contributed by atoms with van der Waals surface area (Å²) in [6, 6.07) is 11.6. The Kier molecular flexibility index (Phi) is 7.03. The van der Waals surface area contributed by atoms with E-state index in [9.17, 15) is 18.0 Å². The molecular formula is C21H25N5O4S. The van der Waals surface area contributed by atoms with Crippen molar-refractivity contribution >= 4 is 21.6 Å². The van der Waals surface area contributed by atoms with Gasteiger partial charge in [0.25, 0.3) is 5.56 Å². The Bertz CT molecular complexity index is 1180. The molecule has 3 aromatic rings. The molecule has 9 nitrogen and oxygen atoms in total. The first-order valence-corrected chi connectivity index (χ1v) is 11.3. The average molecular weight is 444 g/mol. The molecule has 0 unspecified atom stereocenters. The number of pyridine rings is 1. The number of hydrogen-bond donors (Lipinski definition) is 1. The van der Waals surface area contributed by atoms with Gasteiger partial charge in [0.15, 0.2) is 0 Å². The zero-order valence-electron chi connectivity index (χ0n) is 17.4. The fourth-order valence-corrected chi connectivity index (χ4v) is 4.61. The van der Waals surface area contributed by atoms with Gasteiger partial charge >= 0.3 is 0 Å². The van der Waals surface area contributed by atoms with Gasteiger partial charge in [-0.15, -0.1) is 0 Å². The third-order valence-corrected chi connectivity index (χ3v) is 6.79. The Morgan fingerprint density at radius 2 is 1.81 bits per heavy atom. The van der Waals surface area contributed by atoms with Gasteiger partial charge < -0.3 is 9.88 Å². The topological polar surface area (TPSA) is 106 Å². The summed E-state index contributed by atoms with van der Waals surface area (Å²) in [6.07, 6.45) is 4.78. The molecule has 2 heterocycles. The highest BCUT2D eigenvalue weighted by atomic mass is 32.2. The maximum Gasteiger partial charge on any atom is 0.251 e. The summed E-state index contributed by atoms with van der Waals surface area (Å²) in [5.74, 6) is -0.431. The first-order chi connectivity index (χ1) is 14.8. The van der Waals surface area contributed by atoms with Gasteiger partial charge in [0.05, 0.1) is 11.4 Å². The summed E-state index contributed by atoms with van der Waals surface area (Å²) in [4.78, 5) is 24.6. The van der Waals surface area contributed by atoms with E-state index in [1.54, 1.807) is 36.9 Å². The van der Waals surface area contributed by atoms with Crippen molar-refractivity contribution < 1.29 is 13.2 Å². The summed E-state index contributed by atoms with van der Waals surface area (Å²) in [5, 5.41) is 6.88. The van der Waals surface area contributed by atoms with Crippen molar-refractivity contribution in [2.24, 2.45) is 0 Å². The number of anilines is 1. The molecule has 0 saturated heterocycles. The van der Waals surface area contributed by atoms with Gasteiger partial charge in [-0.3, -0.25) is 14.3 Å². The van der Waals surface area contributed by atoms with Crippen LogP contribution in [0.2, 0.25) is 0 Å². The van der Waals surface area contributed by atoms with E-state index in [0.29, 0.717) is 25.3 Å². The molecule has 31 heavy (non-hydrogen) atoms. The normalized spacial score (nSPS) is 11.6. The second-order valence-corrected chi connectivity index (χ2v) is 8.81. The lowest BCUT2D eigenvalue weighted by molar-refractivity contribution is -0.116. The molecule has 0 radical (unpaired) electrons. The zero-order chi connectivity index (χ0) is 22.4. The van der Waals surface area contributed by atoms with Crippen LogP contribution in [0, 0.1) is 0 Å². The summed E-state index contributed by atoms with van der Waals surface area (Å²) >= 11 is 0. The number of hydrogen-bond acceptors (Lipinski definition) is 5. The second kappa shape index (κ2) is 9.71. The van der Waals surface area contributed by atoms with Crippen LogP contribution in [-0.4, -0.2) is 46.1 Å². The zero-order valence-corrected chi connectivity index (χ0v) is 18.2. The molecule has 0 aliphatic carbocycles. The van der Waals surface area contributed by atoms with Gasteiger partial charge in [-0.1, -0.05) is 26.0 Å². The quantitative estimate of drug-likeness (QED) is 0.542. The van der Waals surface area contributed by atoms with Gasteiger partial charge in [-0.2, -0.15) is 9.40 Å². The first-order valence-electron chi connectivity index (χ1n) is 9.90. The van der Waals surface area contributed by atoms with Crippen LogP contribution in [0.4, 0.5) is 5.69 Å². The molecular weight excluding hydrogens is 418 g/mol. The number of amides is 1. The largest absolute Gasteiger partial charge is 0.325 e. The van der Waals surface area contributed by atoms with Crippen molar-refractivity contribution in [1.29, 1.82) is 0 Å². The molecule has 0 aliphatic heterocycles. The minimum Gasteiger partial charge on any atom is -0.325 e. The van der Waals surface area contributed by atoms with E-state index >= 15 is 0 Å². The lowest BCUT2D eigenvalue weighted by atomic mass is 10.2. The number of nitrogens with zero attached hydrogens (tertiary/aromatic N) is 4. The molecule has 10 heteroatoms. The maximum atomic E-state index is 12.7. The van der Waals surface area contributed by atoms with Crippen molar-refractivity contribution in [2.45, 2.75) is 31.8 Å². The molecule has 1 aromatic carbocycles. The molecule has 0 saturated carbocycles. The van der Waals surface area contributed by atoms with Crippen LogP contribution in [-0.2, 0) is 27.9 Å². The van der Waals surface area contributed by atoms with E-state index in [-0.39, 0.29) is 11.4 Å². The monoisotopic (exact) mass is 443 g/mol. The highest BCUT2D eigenvalue weighted by Crippen LogP contribution is 2.14. The SMILES string of the molecule is CCN(CC)S(=O)(=O)c1ccc(=O)n(CC(=O)Nc2ccc(Cn3cccn3)cc2)c1. The molecule has 0 atom stereocenters. The highest BCUT2D eigenvalue weighted by molar-refractivity contribution is 7.89. The Morgan fingerprint density at radius 3 is 2.42 bits per heavy atom. The fraction of sp³-hybridized carbons (Fsp3) is 0.286. The van der Waals surface area contributed by atoms with Gasteiger partial charge in [0.2, 0.25) is 15.9 Å². The Morgan fingerprint density at radius 1 is 1.10 bits per heavy atom. The van der Waals surface area contributed by atoms with Crippen LogP contribution < -0.4 is 10.9 Å². The predicted octanol–water partition coefficient (Wildman–Crippen LogP) is 1.76. The molecule has 164 valence electrons. The number of nitrogens with one attached hydrogen (secondary N) is 1. The third-order valence-electron chi connectivity index (χ3n) is 4.75. The number of rotatable bonds is 9. The van der Waals surface area contributed by atoms with E-state index < -0.39 is 21.5 Å². The van der Waals surface area contributed by atoms with E-state index in [1.165, 1.54) is 16.6 Å². The van der Waals surface area contributed by atoms with Crippen LogP contribution in [0.5, 0.6) is 0 Å². The van der Waals surface area contributed by atoms with Gasteiger partial charge in [0, 0.05) is 43.4 Å². The average Bonchev–Trinajstić information content (AvgIpc) is 3.25. The Hall–Kier alpha value is -3.24. The second-order valence-electron chi connectivity index (χ2n) is 6.87. The van der Waals surface area contributed by atoms with Crippen LogP contribution >= 0.6 is 0 Å². The third kappa shape index (κ3) is 5.47. The van der Waals surface area contributed by atoms with E-state index in [2.05, 4.69) is 10.4 Å². The molecule has 1 amide bonds. The standard InChI is InChI=1S/C21H25N5O4S/c1-3-26(4-2)31(29,30)19-10-11-21(28)24(15-19)16-20(27)23-18-8-6-17(7-9-18)14-25-13-5-12-22-25/h5-13,15H,3-4,14,16H2,1-2H3,(H,23,27). The van der Waals surface area contributed by atoms with E-state index in [0.717, 1.165) is 16.2 Å². The number of benzene rings is 1. The van der Waals surface area contributed by atoms with Crippen molar-refractivity contribution in [1.82, 2.24) is 18.7 Å². The molecule has 1 N–H and O–H groups in total. The van der Waals surface area contributed by atoms with E-state index in [4.69, 9.17) is 0 Å². The van der Waals surface area contributed by atoms with Gasteiger partial charge in [0.1, 0.15) is 6.54 Å².